The minimum absolute atomic E-state index is 0.0155. The highest BCUT2D eigenvalue weighted by Crippen LogP contribution is 2.41. The van der Waals surface area contributed by atoms with Crippen molar-refractivity contribution in [2.75, 3.05) is 32.8 Å². The molecule has 0 aromatic carbocycles. The number of nitrogens with one attached hydrogen (secondary N) is 2. The fourth-order valence-corrected chi connectivity index (χ4v) is 5.45. The molecule has 2 fully saturated rings. The molecule has 0 spiro atoms. The maximum Gasteiger partial charge on any atom is 0.251 e. The van der Waals surface area contributed by atoms with Gasteiger partial charge in [0.15, 0.2) is 0 Å². The molecule has 5 heterocycles. The molecular formula is C22H29N5O3. The van der Waals surface area contributed by atoms with E-state index in [9.17, 15) is 9.59 Å². The summed E-state index contributed by atoms with van der Waals surface area (Å²) in [4.78, 5) is 28.0. The lowest BCUT2D eigenvalue weighted by molar-refractivity contribution is -0.128. The number of fused-ring (bicyclic) bond motifs is 4. The van der Waals surface area contributed by atoms with Gasteiger partial charge in [-0.1, -0.05) is 6.07 Å². The van der Waals surface area contributed by atoms with Crippen LogP contribution in [0.5, 0.6) is 0 Å². The Bertz CT molecular complexity index is 934. The van der Waals surface area contributed by atoms with E-state index in [1.54, 1.807) is 12.3 Å². The summed E-state index contributed by atoms with van der Waals surface area (Å²) >= 11 is 0. The first-order valence-corrected chi connectivity index (χ1v) is 11.0. The molecule has 1 amide bonds. The van der Waals surface area contributed by atoms with Crippen molar-refractivity contribution < 1.29 is 9.53 Å². The number of pyridine rings is 1. The third-order valence-electron chi connectivity index (χ3n) is 6.90. The lowest BCUT2D eigenvalue weighted by Crippen LogP contribution is -2.52. The highest BCUT2D eigenvalue weighted by molar-refractivity contribution is 5.78. The summed E-state index contributed by atoms with van der Waals surface area (Å²) in [5.41, 5.74) is 2.23. The van der Waals surface area contributed by atoms with E-state index in [1.165, 1.54) is 0 Å². The number of aromatic nitrogens is 3. The van der Waals surface area contributed by atoms with Crippen molar-refractivity contribution in [1.29, 1.82) is 0 Å². The molecule has 3 aliphatic heterocycles. The van der Waals surface area contributed by atoms with Gasteiger partial charge in [0.2, 0.25) is 5.91 Å². The molecule has 0 saturated carbocycles. The average molecular weight is 412 g/mol. The van der Waals surface area contributed by atoms with Crippen LogP contribution in [0, 0.1) is 11.8 Å². The van der Waals surface area contributed by atoms with Crippen molar-refractivity contribution >= 4 is 5.91 Å². The third kappa shape index (κ3) is 3.81. The van der Waals surface area contributed by atoms with Crippen LogP contribution in [0.1, 0.15) is 42.6 Å². The van der Waals surface area contributed by atoms with Crippen LogP contribution in [-0.4, -0.2) is 58.4 Å². The predicted molar refractivity (Wildman–Crippen MR) is 111 cm³/mol. The fraction of sp³-hybridized carbons (Fsp3) is 0.591. The molecule has 5 rings (SSSR count). The van der Waals surface area contributed by atoms with Gasteiger partial charge in [-0.15, -0.1) is 0 Å². The van der Waals surface area contributed by atoms with Crippen LogP contribution in [0.4, 0.5) is 0 Å². The molecule has 160 valence electrons. The van der Waals surface area contributed by atoms with Gasteiger partial charge < -0.3 is 14.6 Å². The van der Waals surface area contributed by atoms with E-state index in [0.29, 0.717) is 31.6 Å². The number of hydrogen-bond acceptors (Lipinski definition) is 5. The lowest BCUT2D eigenvalue weighted by Gasteiger charge is -2.47. The Hall–Kier alpha value is -2.45. The van der Waals surface area contributed by atoms with Gasteiger partial charge in [-0.05, 0) is 37.3 Å². The Balaban J connectivity index is 1.36. The van der Waals surface area contributed by atoms with Gasteiger partial charge >= 0.3 is 0 Å². The van der Waals surface area contributed by atoms with Crippen molar-refractivity contribution in [2.45, 2.75) is 37.8 Å². The predicted octanol–water partition coefficient (Wildman–Crippen LogP) is 1.27. The number of piperidine rings is 1. The zero-order valence-electron chi connectivity index (χ0n) is 17.1. The number of amides is 1. The molecule has 2 aromatic rings. The number of H-pyrrole nitrogens is 1. The summed E-state index contributed by atoms with van der Waals surface area (Å²) in [7, 11) is 0. The molecule has 0 aliphatic carbocycles. The van der Waals surface area contributed by atoms with E-state index in [4.69, 9.17) is 4.74 Å². The molecule has 3 aliphatic rings. The summed E-state index contributed by atoms with van der Waals surface area (Å²) in [6.07, 6.45) is 4.39. The van der Waals surface area contributed by atoms with Crippen molar-refractivity contribution in [2.24, 2.45) is 11.8 Å². The van der Waals surface area contributed by atoms with Crippen LogP contribution in [0.25, 0.3) is 0 Å². The van der Waals surface area contributed by atoms with E-state index in [-0.39, 0.29) is 23.4 Å². The zero-order valence-corrected chi connectivity index (χ0v) is 17.1. The molecule has 3 atom stereocenters. The van der Waals surface area contributed by atoms with Crippen LogP contribution in [0.3, 0.4) is 0 Å². The summed E-state index contributed by atoms with van der Waals surface area (Å²) in [6.45, 7) is 4.47. The second-order valence-corrected chi connectivity index (χ2v) is 8.83. The molecule has 2 N–H and O–H groups in total. The second-order valence-electron chi connectivity index (χ2n) is 8.83. The van der Waals surface area contributed by atoms with Gasteiger partial charge in [-0.3, -0.25) is 19.6 Å². The molecule has 2 aromatic heterocycles. The van der Waals surface area contributed by atoms with Gasteiger partial charge in [-0.2, -0.15) is 5.10 Å². The molecule has 0 unspecified atom stereocenters. The first-order valence-electron chi connectivity index (χ1n) is 11.0. The Morgan fingerprint density at radius 3 is 2.90 bits per heavy atom. The minimum atomic E-state index is -0.0155. The van der Waals surface area contributed by atoms with Crippen molar-refractivity contribution in [3.63, 3.8) is 0 Å². The van der Waals surface area contributed by atoms with Gasteiger partial charge in [0, 0.05) is 74.9 Å². The van der Waals surface area contributed by atoms with Gasteiger partial charge in [-0.25, -0.2) is 0 Å². The number of rotatable bonds is 5. The quantitative estimate of drug-likeness (QED) is 0.773. The molecule has 8 heteroatoms. The lowest BCUT2D eigenvalue weighted by atomic mass is 9.78. The molecule has 2 bridgehead atoms. The summed E-state index contributed by atoms with van der Waals surface area (Å²) in [6, 6.07) is 7.57. The first kappa shape index (κ1) is 19.5. The Kier molecular flexibility index (Phi) is 5.43. The average Bonchev–Trinajstić information content (AvgIpc) is 3.27. The normalized spacial score (nSPS) is 26.9. The summed E-state index contributed by atoms with van der Waals surface area (Å²) in [5.74, 6) is 0.777. The fourth-order valence-electron chi connectivity index (χ4n) is 5.45. The van der Waals surface area contributed by atoms with Crippen LogP contribution in [0.15, 0.2) is 35.3 Å². The van der Waals surface area contributed by atoms with Crippen molar-refractivity contribution in [1.82, 2.24) is 25.0 Å². The topological polar surface area (TPSA) is 92.3 Å². The number of hydrogen-bond donors (Lipinski definition) is 2. The number of likely N-dealkylation sites (tertiary alicyclic amines) is 1. The Labute approximate surface area is 175 Å². The van der Waals surface area contributed by atoms with Crippen LogP contribution >= 0.6 is 0 Å². The SMILES string of the molecule is O=C(NC[C@H]1[C@H]2C[C@H](CN(Cc3ccn[nH]3)C2)c2cccc(=O)n21)C1CCOCC1. The van der Waals surface area contributed by atoms with E-state index in [0.717, 1.165) is 50.3 Å². The van der Waals surface area contributed by atoms with E-state index in [2.05, 4.69) is 26.5 Å². The van der Waals surface area contributed by atoms with Crippen molar-refractivity contribution in [3.05, 3.63) is 52.2 Å². The Morgan fingerprint density at radius 1 is 1.23 bits per heavy atom. The number of carbonyl (C=O) groups excluding carboxylic acids is 1. The monoisotopic (exact) mass is 411 g/mol. The molecule has 30 heavy (non-hydrogen) atoms. The zero-order chi connectivity index (χ0) is 20.5. The van der Waals surface area contributed by atoms with E-state index >= 15 is 0 Å². The van der Waals surface area contributed by atoms with Crippen LogP contribution in [-0.2, 0) is 16.1 Å². The molecule has 0 radical (unpaired) electrons. The minimum Gasteiger partial charge on any atom is -0.381 e. The second kappa shape index (κ2) is 8.35. The number of ether oxygens (including phenoxy) is 1. The largest absolute Gasteiger partial charge is 0.381 e. The Morgan fingerprint density at radius 2 is 2.10 bits per heavy atom. The number of carbonyl (C=O) groups is 1. The summed E-state index contributed by atoms with van der Waals surface area (Å²) < 4.78 is 7.33. The van der Waals surface area contributed by atoms with Crippen LogP contribution < -0.4 is 10.9 Å². The van der Waals surface area contributed by atoms with Gasteiger partial charge in [0.25, 0.3) is 5.56 Å². The highest BCUT2D eigenvalue weighted by atomic mass is 16.5. The maximum absolute atomic E-state index is 12.8. The highest BCUT2D eigenvalue weighted by Gasteiger charge is 2.40. The van der Waals surface area contributed by atoms with Gasteiger partial charge in [0.1, 0.15) is 0 Å². The third-order valence-corrected chi connectivity index (χ3v) is 6.90. The van der Waals surface area contributed by atoms with E-state index < -0.39 is 0 Å². The van der Waals surface area contributed by atoms with Gasteiger partial charge in [0.05, 0.1) is 6.04 Å². The van der Waals surface area contributed by atoms with Crippen LogP contribution in [0.2, 0.25) is 0 Å². The molecule has 8 nitrogen and oxygen atoms in total. The van der Waals surface area contributed by atoms with E-state index in [1.807, 2.05) is 16.7 Å². The number of aromatic amines is 1. The smallest absolute Gasteiger partial charge is 0.251 e. The molecule has 2 saturated heterocycles. The first-order chi connectivity index (χ1) is 14.7. The standard InChI is InChI=1S/C22H29N5O3/c28-21-3-1-2-19-16-10-17(13-26(12-16)14-18-4-7-24-25-18)20(27(19)21)11-23-22(29)15-5-8-30-9-6-15/h1-4,7,15-17,20H,5-6,8-14H2,(H,23,29)(H,24,25)/t16-,17+,20+/m1/s1. The molecular weight excluding hydrogens is 382 g/mol. The van der Waals surface area contributed by atoms with Crippen molar-refractivity contribution in [3.8, 4) is 0 Å². The summed E-state index contributed by atoms with van der Waals surface area (Å²) in [5, 5.41) is 10.3. The maximum atomic E-state index is 12.8. The number of nitrogens with zero attached hydrogens (tertiary/aromatic N) is 3.